The molecule has 0 fully saturated rings. The van der Waals surface area contributed by atoms with Crippen molar-refractivity contribution in [2.75, 3.05) is 11.4 Å². The van der Waals surface area contributed by atoms with Crippen LogP contribution >= 0.6 is 0 Å². The zero-order chi connectivity index (χ0) is 12.1. The Balaban J connectivity index is 2.94. The minimum atomic E-state index is -0.457. The third-order valence-corrected chi connectivity index (χ3v) is 2.16. The van der Waals surface area contributed by atoms with Gasteiger partial charge in [-0.25, -0.2) is 4.39 Å². The van der Waals surface area contributed by atoms with E-state index < -0.39 is 5.82 Å². The van der Waals surface area contributed by atoms with Gasteiger partial charge < -0.3 is 4.90 Å². The van der Waals surface area contributed by atoms with Gasteiger partial charge >= 0.3 is 0 Å². The Hall–Kier alpha value is -1.71. The largest absolute Gasteiger partial charge is 0.310 e. The van der Waals surface area contributed by atoms with Gasteiger partial charge in [-0.05, 0) is 26.0 Å². The smallest absolute Gasteiger partial charge is 0.234 e. The molecule has 0 aliphatic carbocycles. The zero-order valence-electron chi connectivity index (χ0n) is 9.37. The number of hydrogen-bond acceptors (Lipinski definition) is 2. The molecule has 0 aliphatic heterocycles. The number of amides is 1. The van der Waals surface area contributed by atoms with Crippen molar-refractivity contribution in [1.82, 2.24) is 0 Å². The van der Waals surface area contributed by atoms with E-state index in [0.29, 0.717) is 6.54 Å². The first-order valence-corrected chi connectivity index (χ1v) is 5.10. The summed E-state index contributed by atoms with van der Waals surface area (Å²) >= 11 is 0. The summed E-state index contributed by atoms with van der Waals surface area (Å²) in [5, 5.41) is 0. The van der Waals surface area contributed by atoms with E-state index in [1.165, 1.54) is 24.0 Å². The number of anilines is 1. The number of ketones is 1. The minimum absolute atomic E-state index is 0.192. The van der Waals surface area contributed by atoms with E-state index in [9.17, 15) is 14.0 Å². The predicted molar refractivity (Wildman–Crippen MR) is 59.7 cm³/mol. The average Bonchev–Trinajstić information content (AvgIpc) is 2.20. The quantitative estimate of drug-likeness (QED) is 0.733. The molecule has 0 spiro atoms. The molecular formula is C12H14FNO2. The molecule has 0 bridgehead atoms. The maximum absolute atomic E-state index is 13.4. The lowest BCUT2D eigenvalue weighted by atomic mass is 10.2. The molecule has 1 rings (SSSR count). The van der Waals surface area contributed by atoms with Crippen molar-refractivity contribution < 1.29 is 14.0 Å². The third kappa shape index (κ3) is 2.89. The van der Waals surface area contributed by atoms with Crippen molar-refractivity contribution in [3.8, 4) is 0 Å². The molecule has 0 N–H and O–H groups in total. The van der Waals surface area contributed by atoms with Crippen LogP contribution < -0.4 is 4.90 Å². The number of nitrogens with zero attached hydrogens (tertiary/aromatic N) is 1. The standard InChI is InChI=1S/C12H14FNO2/c1-3-14(12(16)8-9(2)15)11-7-5-4-6-10(11)13/h4-7H,3,8H2,1-2H3. The van der Waals surface area contributed by atoms with Gasteiger partial charge in [0.25, 0.3) is 0 Å². The molecule has 4 heteroatoms. The van der Waals surface area contributed by atoms with Gasteiger partial charge in [0.2, 0.25) is 5.91 Å². The molecule has 0 heterocycles. The number of rotatable bonds is 4. The Labute approximate surface area is 93.9 Å². The van der Waals surface area contributed by atoms with E-state index in [1.54, 1.807) is 19.1 Å². The fourth-order valence-corrected chi connectivity index (χ4v) is 1.46. The first-order chi connectivity index (χ1) is 7.56. The summed E-state index contributed by atoms with van der Waals surface area (Å²) in [6.45, 7) is 3.42. The molecule has 3 nitrogen and oxygen atoms in total. The summed E-state index contributed by atoms with van der Waals surface area (Å²) in [6.07, 6.45) is -0.192. The van der Waals surface area contributed by atoms with Crippen LogP contribution in [0.3, 0.4) is 0 Å². The summed E-state index contributed by atoms with van der Waals surface area (Å²) in [7, 11) is 0. The Morgan fingerprint density at radius 2 is 1.94 bits per heavy atom. The average molecular weight is 223 g/mol. The maximum Gasteiger partial charge on any atom is 0.234 e. The number of hydrogen-bond donors (Lipinski definition) is 0. The third-order valence-electron chi connectivity index (χ3n) is 2.16. The zero-order valence-corrected chi connectivity index (χ0v) is 9.37. The normalized spacial score (nSPS) is 9.94. The molecular weight excluding hydrogens is 209 g/mol. The van der Waals surface area contributed by atoms with E-state index >= 15 is 0 Å². The Morgan fingerprint density at radius 1 is 1.31 bits per heavy atom. The second-order valence-electron chi connectivity index (χ2n) is 3.47. The number of halogens is 1. The summed E-state index contributed by atoms with van der Waals surface area (Å²) < 4.78 is 13.4. The molecule has 1 aromatic carbocycles. The van der Waals surface area contributed by atoms with Crippen LogP contribution in [0.1, 0.15) is 20.3 Å². The number of Topliss-reactive ketones (excluding diaryl/α,β-unsaturated/α-hetero) is 1. The lowest BCUT2D eigenvalue weighted by Gasteiger charge is -2.20. The fraction of sp³-hybridized carbons (Fsp3) is 0.333. The van der Waals surface area contributed by atoms with Gasteiger partial charge in [0.1, 0.15) is 11.6 Å². The number of carbonyl (C=O) groups is 2. The summed E-state index contributed by atoms with van der Waals surface area (Å²) in [6, 6.07) is 6.03. The fourth-order valence-electron chi connectivity index (χ4n) is 1.46. The second-order valence-corrected chi connectivity index (χ2v) is 3.47. The van der Waals surface area contributed by atoms with Crippen LogP contribution in [0.5, 0.6) is 0 Å². The molecule has 0 atom stereocenters. The number of benzene rings is 1. The van der Waals surface area contributed by atoms with Crippen molar-refractivity contribution in [3.63, 3.8) is 0 Å². The molecule has 16 heavy (non-hydrogen) atoms. The van der Waals surface area contributed by atoms with Crippen LogP contribution in [0.15, 0.2) is 24.3 Å². The van der Waals surface area contributed by atoms with Crippen LogP contribution in [0.2, 0.25) is 0 Å². The van der Waals surface area contributed by atoms with Gasteiger partial charge in [-0.2, -0.15) is 0 Å². The molecule has 0 radical (unpaired) electrons. The van der Waals surface area contributed by atoms with E-state index in [2.05, 4.69) is 0 Å². The number of carbonyl (C=O) groups excluding carboxylic acids is 2. The summed E-state index contributed by atoms with van der Waals surface area (Å²) in [4.78, 5) is 23.8. The highest BCUT2D eigenvalue weighted by Gasteiger charge is 2.17. The van der Waals surface area contributed by atoms with Crippen molar-refractivity contribution in [2.45, 2.75) is 20.3 Å². The topological polar surface area (TPSA) is 37.4 Å². The first-order valence-electron chi connectivity index (χ1n) is 5.10. The van der Waals surface area contributed by atoms with Gasteiger partial charge in [-0.1, -0.05) is 12.1 Å². The lowest BCUT2D eigenvalue weighted by molar-refractivity contribution is -0.125. The van der Waals surface area contributed by atoms with Gasteiger partial charge in [0, 0.05) is 6.54 Å². The molecule has 0 saturated carbocycles. The molecule has 0 unspecified atom stereocenters. The molecule has 0 saturated heterocycles. The Kier molecular flexibility index (Phi) is 4.17. The van der Waals surface area contributed by atoms with Gasteiger partial charge in [0.05, 0.1) is 12.1 Å². The Bertz CT molecular complexity index is 404. The van der Waals surface area contributed by atoms with Crippen LogP contribution in [-0.4, -0.2) is 18.2 Å². The van der Waals surface area contributed by atoms with E-state index in [-0.39, 0.29) is 23.8 Å². The van der Waals surface area contributed by atoms with Gasteiger partial charge in [-0.15, -0.1) is 0 Å². The van der Waals surface area contributed by atoms with E-state index in [4.69, 9.17) is 0 Å². The minimum Gasteiger partial charge on any atom is -0.310 e. The van der Waals surface area contributed by atoms with Crippen LogP contribution in [0.4, 0.5) is 10.1 Å². The molecule has 0 aromatic heterocycles. The molecule has 0 aliphatic rings. The van der Waals surface area contributed by atoms with Crippen molar-refractivity contribution >= 4 is 17.4 Å². The second kappa shape index (κ2) is 5.39. The SMILES string of the molecule is CCN(C(=O)CC(C)=O)c1ccccc1F. The van der Waals surface area contributed by atoms with Gasteiger partial charge in [-0.3, -0.25) is 9.59 Å². The van der Waals surface area contributed by atoms with E-state index in [0.717, 1.165) is 0 Å². The monoisotopic (exact) mass is 223 g/mol. The first kappa shape index (κ1) is 12.4. The molecule has 1 aromatic rings. The van der Waals surface area contributed by atoms with Crippen molar-refractivity contribution in [1.29, 1.82) is 0 Å². The summed E-state index contributed by atoms with van der Waals surface area (Å²) in [5.41, 5.74) is 0.219. The van der Waals surface area contributed by atoms with Gasteiger partial charge in [0.15, 0.2) is 0 Å². The van der Waals surface area contributed by atoms with Crippen molar-refractivity contribution in [2.24, 2.45) is 0 Å². The highest BCUT2D eigenvalue weighted by Crippen LogP contribution is 2.19. The lowest BCUT2D eigenvalue weighted by Crippen LogP contribution is -2.32. The van der Waals surface area contributed by atoms with Crippen LogP contribution in [0, 0.1) is 5.82 Å². The Morgan fingerprint density at radius 3 is 2.44 bits per heavy atom. The predicted octanol–water partition coefficient (Wildman–Crippen LogP) is 2.16. The molecule has 86 valence electrons. The van der Waals surface area contributed by atoms with Crippen LogP contribution in [0.25, 0.3) is 0 Å². The van der Waals surface area contributed by atoms with E-state index in [1.807, 2.05) is 0 Å². The highest BCUT2D eigenvalue weighted by molar-refractivity contribution is 6.04. The van der Waals surface area contributed by atoms with Crippen LogP contribution in [-0.2, 0) is 9.59 Å². The van der Waals surface area contributed by atoms with Crippen molar-refractivity contribution in [3.05, 3.63) is 30.1 Å². The highest BCUT2D eigenvalue weighted by atomic mass is 19.1. The molecule has 1 amide bonds. The number of para-hydroxylation sites is 1. The maximum atomic E-state index is 13.4. The summed E-state index contributed by atoms with van der Waals surface area (Å²) in [5.74, 6) is -1.05.